The number of esters is 1. The fraction of sp³-hybridized carbons (Fsp3) is 0.900. The predicted octanol–water partition coefficient (Wildman–Crippen LogP) is 0.643. The van der Waals surface area contributed by atoms with Crippen LogP contribution >= 0.6 is 11.8 Å². The Labute approximate surface area is 95.8 Å². The van der Waals surface area contributed by atoms with E-state index in [4.69, 9.17) is 5.11 Å². The van der Waals surface area contributed by atoms with Gasteiger partial charge in [-0.1, -0.05) is 6.92 Å². The number of rotatable bonds is 9. The van der Waals surface area contributed by atoms with Gasteiger partial charge in [-0.3, -0.25) is 4.79 Å². The summed E-state index contributed by atoms with van der Waals surface area (Å²) in [7, 11) is 1.40. The standard InChI is InChI=1S/C10H21NO3S/c1-3-11-9(4-6-12)8-15-7-5-10(13)14-2/h9,11-12H,3-8H2,1-2H3. The molecule has 0 rings (SSSR count). The molecule has 90 valence electrons. The lowest BCUT2D eigenvalue weighted by Crippen LogP contribution is -2.32. The van der Waals surface area contributed by atoms with E-state index in [0.29, 0.717) is 12.5 Å². The van der Waals surface area contributed by atoms with E-state index in [1.807, 2.05) is 6.92 Å². The van der Waals surface area contributed by atoms with E-state index < -0.39 is 0 Å². The second-order valence-corrected chi connectivity index (χ2v) is 4.32. The summed E-state index contributed by atoms with van der Waals surface area (Å²) in [4.78, 5) is 10.8. The lowest BCUT2D eigenvalue weighted by Gasteiger charge is -2.15. The summed E-state index contributed by atoms with van der Waals surface area (Å²) >= 11 is 1.71. The van der Waals surface area contributed by atoms with E-state index in [1.54, 1.807) is 11.8 Å². The van der Waals surface area contributed by atoms with Crippen molar-refractivity contribution >= 4 is 17.7 Å². The molecule has 0 aromatic carbocycles. The number of ether oxygens (including phenoxy) is 1. The van der Waals surface area contributed by atoms with Gasteiger partial charge < -0.3 is 15.2 Å². The molecule has 0 spiro atoms. The van der Waals surface area contributed by atoms with E-state index >= 15 is 0 Å². The highest BCUT2D eigenvalue weighted by atomic mass is 32.2. The Morgan fingerprint density at radius 1 is 1.60 bits per heavy atom. The molecule has 0 aromatic rings. The highest BCUT2D eigenvalue weighted by Crippen LogP contribution is 2.07. The van der Waals surface area contributed by atoms with Crippen molar-refractivity contribution in [1.29, 1.82) is 0 Å². The van der Waals surface area contributed by atoms with Crippen LogP contribution in [0.5, 0.6) is 0 Å². The summed E-state index contributed by atoms with van der Waals surface area (Å²) in [6, 6.07) is 0.336. The molecule has 1 atom stereocenters. The van der Waals surface area contributed by atoms with Crippen LogP contribution in [0.1, 0.15) is 19.8 Å². The third-order valence-corrected chi connectivity index (χ3v) is 3.10. The molecule has 0 bridgehead atoms. The van der Waals surface area contributed by atoms with Gasteiger partial charge in [0.2, 0.25) is 0 Å². The zero-order valence-corrected chi connectivity index (χ0v) is 10.3. The zero-order valence-electron chi connectivity index (χ0n) is 9.49. The molecular formula is C10H21NO3S. The van der Waals surface area contributed by atoms with Crippen molar-refractivity contribution in [3.63, 3.8) is 0 Å². The van der Waals surface area contributed by atoms with E-state index in [2.05, 4.69) is 10.1 Å². The first-order valence-corrected chi connectivity index (χ1v) is 6.38. The average Bonchev–Trinajstić information content (AvgIpc) is 2.24. The van der Waals surface area contributed by atoms with Crippen LogP contribution in [-0.4, -0.2) is 48.9 Å². The lowest BCUT2D eigenvalue weighted by molar-refractivity contribution is -0.140. The highest BCUT2D eigenvalue weighted by molar-refractivity contribution is 7.99. The minimum atomic E-state index is -0.162. The molecule has 0 aliphatic rings. The van der Waals surface area contributed by atoms with Crippen molar-refractivity contribution in [2.45, 2.75) is 25.8 Å². The Hall–Kier alpha value is -0.260. The van der Waals surface area contributed by atoms with Crippen LogP contribution in [-0.2, 0) is 9.53 Å². The Morgan fingerprint density at radius 3 is 2.87 bits per heavy atom. The molecule has 0 aliphatic heterocycles. The highest BCUT2D eigenvalue weighted by Gasteiger charge is 2.07. The maximum atomic E-state index is 10.8. The van der Waals surface area contributed by atoms with Crippen LogP contribution in [0.25, 0.3) is 0 Å². The molecule has 4 nitrogen and oxygen atoms in total. The predicted molar refractivity (Wildman–Crippen MR) is 63.1 cm³/mol. The summed E-state index contributed by atoms with van der Waals surface area (Å²) in [5.41, 5.74) is 0. The summed E-state index contributed by atoms with van der Waals surface area (Å²) in [6.45, 7) is 3.15. The van der Waals surface area contributed by atoms with E-state index in [0.717, 1.165) is 24.5 Å². The molecule has 0 heterocycles. The van der Waals surface area contributed by atoms with Crippen molar-refractivity contribution in [2.75, 3.05) is 31.8 Å². The topological polar surface area (TPSA) is 58.6 Å². The second-order valence-electron chi connectivity index (χ2n) is 3.17. The first kappa shape index (κ1) is 14.7. The molecular weight excluding hydrogens is 214 g/mol. The average molecular weight is 235 g/mol. The zero-order chi connectivity index (χ0) is 11.5. The van der Waals surface area contributed by atoms with Gasteiger partial charge in [0.15, 0.2) is 0 Å². The van der Waals surface area contributed by atoms with Gasteiger partial charge in [0.05, 0.1) is 13.5 Å². The van der Waals surface area contributed by atoms with Gasteiger partial charge in [0.1, 0.15) is 0 Å². The number of aliphatic hydroxyl groups is 1. The molecule has 0 amide bonds. The number of hydrogen-bond donors (Lipinski definition) is 2. The van der Waals surface area contributed by atoms with E-state index in [-0.39, 0.29) is 12.6 Å². The van der Waals surface area contributed by atoms with Crippen molar-refractivity contribution in [3.05, 3.63) is 0 Å². The Morgan fingerprint density at radius 2 is 2.33 bits per heavy atom. The number of nitrogens with one attached hydrogen (secondary N) is 1. The maximum absolute atomic E-state index is 10.8. The molecule has 2 N–H and O–H groups in total. The van der Waals surface area contributed by atoms with Gasteiger partial charge in [-0.25, -0.2) is 0 Å². The molecule has 0 saturated carbocycles. The number of methoxy groups -OCH3 is 1. The maximum Gasteiger partial charge on any atom is 0.306 e. The first-order chi connectivity index (χ1) is 7.24. The number of hydrogen-bond acceptors (Lipinski definition) is 5. The molecule has 0 radical (unpaired) electrons. The lowest BCUT2D eigenvalue weighted by atomic mass is 10.2. The molecule has 0 fully saturated rings. The third kappa shape index (κ3) is 8.72. The molecule has 0 saturated heterocycles. The largest absolute Gasteiger partial charge is 0.469 e. The number of thioether (sulfide) groups is 1. The van der Waals surface area contributed by atoms with Gasteiger partial charge in [-0.2, -0.15) is 11.8 Å². The van der Waals surface area contributed by atoms with Crippen LogP contribution in [0.3, 0.4) is 0 Å². The van der Waals surface area contributed by atoms with Crippen molar-refractivity contribution in [3.8, 4) is 0 Å². The Balaban J connectivity index is 3.48. The van der Waals surface area contributed by atoms with Crippen LogP contribution in [0.2, 0.25) is 0 Å². The van der Waals surface area contributed by atoms with Gasteiger partial charge in [0.25, 0.3) is 0 Å². The summed E-state index contributed by atoms with van der Waals surface area (Å²) in [5.74, 6) is 1.54. The fourth-order valence-corrected chi connectivity index (χ4v) is 2.22. The van der Waals surface area contributed by atoms with Crippen LogP contribution in [0.4, 0.5) is 0 Å². The smallest absolute Gasteiger partial charge is 0.306 e. The summed E-state index contributed by atoms with van der Waals surface area (Å²) in [5, 5.41) is 12.1. The molecule has 5 heteroatoms. The van der Waals surface area contributed by atoms with Gasteiger partial charge in [-0.15, -0.1) is 0 Å². The van der Waals surface area contributed by atoms with Crippen molar-refractivity contribution in [2.24, 2.45) is 0 Å². The van der Waals surface area contributed by atoms with E-state index in [1.165, 1.54) is 7.11 Å². The number of carbonyl (C=O) groups is 1. The first-order valence-electron chi connectivity index (χ1n) is 5.23. The third-order valence-electron chi connectivity index (χ3n) is 1.97. The van der Waals surface area contributed by atoms with Crippen LogP contribution < -0.4 is 5.32 Å². The normalized spacial score (nSPS) is 12.5. The molecule has 0 aliphatic carbocycles. The van der Waals surface area contributed by atoms with Gasteiger partial charge in [-0.05, 0) is 13.0 Å². The monoisotopic (exact) mass is 235 g/mol. The molecule has 1 unspecified atom stereocenters. The number of aliphatic hydroxyl groups excluding tert-OH is 1. The second kappa shape index (κ2) is 10.3. The van der Waals surface area contributed by atoms with Crippen molar-refractivity contribution in [1.82, 2.24) is 5.32 Å². The quantitative estimate of drug-likeness (QED) is 0.454. The van der Waals surface area contributed by atoms with Gasteiger partial charge in [0, 0.05) is 24.2 Å². The number of carbonyl (C=O) groups excluding carboxylic acids is 1. The van der Waals surface area contributed by atoms with E-state index in [9.17, 15) is 4.79 Å². The van der Waals surface area contributed by atoms with Crippen molar-refractivity contribution < 1.29 is 14.6 Å². The fourth-order valence-electron chi connectivity index (χ4n) is 1.17. The van der Waals surface area contributed by atoms with Crippen LogP contribution in [0.15, 0.2) is 0 Å². The molecule has 0 aromatic heterocycles. The molecule has 15 heavy (non-hydrogen) atoms. The van der Waals surface area contributed by atoms with Gasteiger partial charge >= 0.3 is 5.97 Å². The summed E-state index contributed by atoms with van der Waals surface area (Å²) < 4.78 is 4.54. The SMILES string of the molecule is CCNC(CCO)CSCCC(=O)OC. The minimum absolute atomic E-state index is 0.162. The Kier molecular flexibility index (Phi) is 10.1. The Bertz CT molecular complexity index is 161. The van der Waals surface area contributed by atoms with Crippen LogP contribution in [0, 0.1) is 0 Å². The minimum Gasteiger partial charge on any atom is -0.469 e. The summed E-state index contributed by atoms with van der Waals surface area (Å²) in [6.07, 6.45) is 1.22.